The maximum atomic E-state index is 12.2. The van der Waals surface area contributed by atoms with E-state index in [4.69, 9.17) is 9.26 Å². The number of hydrogen-bond acceptors (Lipinski definition) is 7. The molecule has 0 saturated carbocycles. The Balaban J connectivity index is 1.63. The molecule has 1 aromatic heterocycles. The van der Waals surface area contributed by atoms with Gasteiger partial charge >= 0.3 is 0 Å². The summed E-state index contributed by atoms with van der Waals surface area (Å²) in [7, 11) is 0. The molecule has 9 heteroatoms. The fourth-order valence-corrected chi connectivity index (χ4v) is 2.44. The van der Waals surface area contributed by atoms with Gasteiger partial charge in [-0.15, -0.1) is 0 Å². The van der Waals surface area contributed by atoms with E-state index in [-0.39, 0.29) is 22.9 Å². The second-order valence-corrected chi connectivity index (χ2v) is 5.18. The second-order valence-electron chi connectivity index (χ2n) is 5.18. The van der Waals surface area contributed by atoms with Gasteiger partial charge in [0.1, 0.15) is 0 Å². The molecule has 0 atom stereocenters. The number of carbonyl (C=O) groups excluding carboxylic acids is 1. The number of nitro benzene ring substituents is 1. The van der Waals surface area contributed by atoms with E-state index < -0.39 is 4.92 Å². The molecule has 0 aliphatic carbocycles. The Morgan fingerprint density at radius 2 is 2.17 bits per heavy atom. The van der Waals surface area contributed by atoms with Crippen molar-refractivity contribution in [3.05, 3.63) is 34.0 Å². The highest BCUT2D eigenvalue weighted by atomic mass is 16.6. The van der Waals surface area contributed by atoms with Crippen LogP contribution in [0, 0.1) is 10.1 Å². The molecule has 122 valence electrons. The Morgan fingerprint density at radius 1 is 1.39 bits per heavy atom. The second kappa shape index (κ2) is 6.71. The van der Waals surface area contributed by atoms with Crippen LogP contribution in [-0.2, 0) is 4.74 Å². The Morgan fingerprint density at radius 3 is 2.91 bits per heavy atom. The van der Waals surface area contributed by atoms with Gasteiger partial charge in [0, 0.05) is 32.2 Å². The zero-order valence-corrected chi connectivity index (χ0v) is 12.4. The van der Waals surface area contributed by atoms with Gasteiger partial charge in [0.05, 0.1) is 29.6 Å². The van der Waals surface area contributed by atoms with Crippen LogP contribution in [0.5, 0.6) is 0 Å². The molecule has 1 amide bonds. The molecule has 2 heterocycles. The van der Waals surface area contributed by atoms with E-state index in [1.54, 1.807) is 0 Å². The van der Waals surface area contributed by atoms with Gasteiger partial charge in [-0.25, -0.2) is 0 Å². The number of nitrogens with zero attached hydrogens (tertiary/aromatic N) is 3. The van der Waals surface area contributed by atoms with Crippen molar-refractivity contribution in [2.24, 2.45) is 0 Å². The van der Waals surface area contributed by atoms with Crippen molar-refractivity contribution < 1.29 is 19.0 Å². The van der Waals surface area contributed by atoms with Crippen LogP contribution in [0.25, 0.3) is 11.0 Å². The number of fused-ring (bicyclic) bond motifs is 1. The van der Waals surface area contributed by atoms with Crippen LogP contribution in [0.3, 0.4) is 0 Å². The molecule has 0 radical (unpaired) electrons. The van der Waals surface area contributed by atoms with Crippen molar-refractivity contribution in [3.63, 3.8) is 0 Å². The molecule has 0 spiro atoms. The van der Waals surface area contributed by atoms with Gasteiger partial charge < -0.3 is 14.6 Å². The predicted molar refractivity (Wildman–Crippen MR) is 80.3 cm³/mol. The Hall–Kier alpha value is -2.52. The van der Waals surface area contributed by atoms with Gasteiger partial charge in [-0.05, 0) is 6.07 Å². The monoisotopic (exact) mass is 320 g/mol. The highest BCUT2D eigenvalue weighted by molar-refractivity contribution is 6.04. The molecule has 1 N–H and O–H groups in total. The molecule has 1 aromatic carbocycles. The summed E-state index contributed by atoms with van der Waals surface area (Å²) < 4.78 is 10.3. The van der Waals surface area contributed by atoms with Crippen LogP contribution in [0.1, 0.15) is 10.5 Å². The topological polar surface area (TPSA) is 111 Å². The van der Waals surface area contributed by atoms with E-state index in [2.05, 4.69) is 15.4 Å². The lowest BCUT2D eigenvalue weighted by Crippen LogP contribution is -2.41. The maximum Gasteiger partial charge on any atom is 0.274 e. The Bertz CT molecular complexity index is 723. The number of nitrogens with one attached hydrogen (secondary N) is 1. The quantitative estimate of drug-likeness (QED) is 0.640. The summed E-state index contributed by atoms with van der Waals surface area (Å²) in [5.74, 6) is -0.356. The van der Waals surface area contributed by atoms with Crippen LogP contribution in [0.2, 0.25) is 0 Å². The van der Waals surface area contributed by atoms with Gasteiger partial charge in [0.2, 0.25) is 0 Å². The number of nitro groups is 1. The van der Waals surface area contributed by atoms with E-state index in [0.717, 1.165) is 19.6 Å². The number of morpholine rings is 1. The van der Waals surface area contributed by atoms with Crippen LogP contribution in [0.15, 0.2) is 22.7 Å². The third-order valence-electron chi connectivity index (χ3n) is 3.70. The fourth-order valence-electron chi connectivity index (χ4n) is 2.44. The third kappa shape index (κ3) is 3.46. The van der Waals surface area contributed by atoms with Gasteiger partial charge in [0.25, 0.3) is 11.6 Å². The number of aromatic nitrogens is 1. The van der Waals surface area contributed by atoms with Crippen molar-refractivity contribution in [1.82, 2.24) is 15.4 Å². The SMILES string of the molecule is O=C(NCCN1CCOCC1)c1noc2cc([N+](=O)[O-])ccc12. The van der Waals surface area contributed by atoms with E-state index in [1.165, 1.54) is 18.2 Å². The van der Waals surface area contributed by atoms with Crippen molar-refractivity contribution in [2.45, 2.75) is 0 Å². The molecular formula is C14H16N4O5. The minimum atomic E-state index is -0.524. The van der Waals surface area contributed by atoms with E-state index >= 15 is 0 Å². The van der Waals surface area contributed by atoms with Crippen LogP contribution < -0.4 is 5.32 Å². The first kappa shape index (κ1) is 15.4. The molecule has 23 heavy (non-hydrogen) atoms. The number of non-ortho nitro benzene ring substituents is 1. The first-order valence-corrected chi connectivity index (χ1v) is 7.27. The first-order chi connectivity index (χ1) is 11.1. The smallest absolute Gasteiger partial charge is 0.274 e. The number of ether oxygens (including phenoxy) is 1. The van der Waals surface area contributed by atoms with Gasteiger partial charge in [-0.3, -0.25) is 19.8 Å². The Kier molecular flexibility index (Phi) is 4.49. The standard InChI is InChI=1S/C14H16N4O5/c19-14(15-3-4-17-5-7-22-8-6-17)13-11-2-1-10(18(20)21)9-12(11)23-16-13/h1-2,9H,3-8H2,(H,15,19). The minimum Gasteiger partial charge on any atom is -0.379 e. The summed E-state index contributed by atoms with van der Waals surface area (Å²) in [4.78, 5) is 24.6. The summed E-state index contributed by atoms with van der Waals surface area (Å²) in [5, 5.41) is 17.7. The van der Waals surface area contributed by atoms with Crippen LogP contribution in [-0.4, -0.2) is 60.3 Å². The van der Waals surface area contributed by atoms with Crippen molar-refractivity contribution in [1.29, 1.82) is 0 Å². The largest absolute Gasteiger partial charge is 0.379 e. The van der Waals surface area contributed by atoms with E-state index in [1.807, 2.05) is 0 Å². The van der Waals surface area contributed by atoms with E-state index in [9.17, 15) is 14.9 Å². The van der Waals surface area contributed by atoms with Gasteiger partial charge in [0.15, 0.2) is 11.3 Å². The number of rotatable bonds is 5. The average molecular weight is 320 g/mol. The molecule has 0 unspecified atom stereocenters. The van der Waals surface area contributed by atoms with Crippen LogP contribution >= 0.6 is 0 Å². The molecule has 1 aliphatic rings. The number of carbonyl (C=O) groups is 1. The predicted octanol–water partition coefficient (Wildman–Crippen LogP) is 0.798. The lowest BCUT2D eigenvalue weighted by atomic mass is 10.2. The molecule has 3 rings (SSSR count). The summed E-state index contributed by atoms with van der Waals surface area (Å²) in [6, 6.07) is 4.05. The molecule has 0 bridgehead atoms. The summed E-state index contributed by atoms with van der Waals surface area (Å²) in [6.07, 6.45) is 0. The molecule has 2 aromatic rings. The zero-order chi connectivity index (χ0) is 16.2. The molecule has 1 saturated heterocycles. The van der Waals surface area contributed by atoms with Gasteiger partial charge in [-0.2, -0.15) is 0 Å². The minimum absolute atomic E-state index is 0.104. The van der Waals surface area contributed by atoms with Gasteiger partial charge in [-0.1, -0.05) is 5.16 Å². The molecule has 9 nitrogen and oxygen atoms in total. The van der Waals surface area contributed by atoms with E-state index in [0.29, 0.717) is 25.1 Å². The molecular weight excluding hydrogens is 304 g/mol. The number of hydrogen-bond donors (Lipinski definition) is 1. The first-order valence-electron chi connectivity index (χ1n) is 7.27. The zero-order valence-electron chi connectivity index (χ0n) is 12.4. The highest BCUT2D eigenvalue weighted by Crippen LogP contribution is 2.23. The summed E-state index contributed by atoms with van der Waals surface area (Å²) in [5.41, 5.74) is 0.252. The normalized spacial score (nSPS) is 15.7. The molecule has 1 fully saturated rings. The Labute approximate surface area is 131 Å². The summed E-state index contributed by atoms with van der Waals surface area (Å²) >= 11 is 0. The number of benzene rings is 1. The highest BCUT2D eigenvalue weighted by Gasteiger charge is 2.19. The summed E-state index contributed by atoms with van der Waals surface area (Å²) in [6.45, 7) is 4.34. The third-order valence-corrected chi connectivity index (χ3v) is 3.70. The fraction of sp³-hybridized carbons (Fsp3) is 0.429. The lowest BCUT2D eigenvalue weighted by Gasteiger charge is -2.26. The number of amides is 1. The average Bonchev–Trinajstić information content (AvgIpc) is 2.99. The van der Waals surface area contributed by atoms with Crippen LogP contribution in [0.4, 0.5) is 5.69 Å². The maximum absolute atomic E-state index is 12.2. The molecule has 1 aliphatic heterocycles. The lowest BCUT2D eigenvalue weighted by molar-refractivity contribution is -0.384. The van der Waals surface area contributed by atoms with Crippen molar-refractivity contribution >= 4 is 22.6 Å². The van der Waals surface area contributed by atoms with Crippen molar-refractivity contribution in [3.8, 4) is 0 Å². The van der Waals surface area contributed by atoms with Crippen molar-refractivity contribution in [2.75, 3.05) is 39.4 Å².